The van der Waals surface area contributed by atoms with Gasteiger partial charge in [0.15, 0.2) is 0 Å². The Labute approximate surface area is 97.9 Å². The first-order valence-electron chi connectivity index (χ1n) is 5.72. The highest BCUT2D eigenvalue weighted by molar-refractivity contribution is 5.41. The molecule has 0 atom stereocenters. The maximum Gasteiger partial charge on any atom is 0.123 e. The molecule has 0 radical (unpaired) electrons. The molecule has 2 nitrogen and oxygen atoms in total. The molecule has 0 amide bonds. The Kier molecular flexibility index (Phi) is 5.48. The van der Waals surface area contributed by atoms with Gasteiger partial charge in [-0.3, -0.25) is 0 Å². The molecule has 0 fully saturated rings. The molecule has 1 rings (SSSR count). The molecule has 0 aliphatic carbocycles. The van der Waals surface area contributed by atoms with Gasteiger partial charge in [-0.25, -0.2) is 0 Å². The Morgan fingerprint density at radius 1 is 1.38 bits per heavy atom. The SMILES string of the molecule is C=CCc1cc(OC)ccc1OCCCC. The molecule has 0 unspecified atom stereocenters. The molecule has 0 aliphatic rings. The first kappa shape index (κ1) is 12.6. The van der Waals surface area contributed by atoms with Crippen molar-refractivity contribution in [1.29, 1.82) is 0 Å². The maximum atomic E-state index is 5.73. The van der Waals surface area contributed by atoms with E-state index >= 15 is 0 Å². The average molecular weight is 220 g/mol. The van der Waals surface area contributed by atoms with E-state index in [1.165, 1.54) is 0 Å². The topological polar surface area (TPSA) is 18.5 Å². The fourth-order valence-electron chi connectivity index (χ4n) is 1.47. The van der Waals surface area contributed by atoms with Crippen molar-refractivity contribution in [3.05, 3.63) is 36.4 Å². The number of unbranched alkanes of at least 4 members (excludes halogenated alkanes) is 1. The molecule has 0 heterocycles. The van der Waals surface area contributed by atoms with Gasteiger partial charge < -0.3 is 9.47 Å². The van der Waals surface area contributed by atoms with Gasteiger partial charge in [-0.1, -0.05) is 19.4 Å². The van der Waals surface area contributed by atoms with Crippen molar-refractivity contribution < 1.29 is 9.47 Å². The van der Waals surface area contributed by atoms with Crippen LogP contribution in [0.4, 0.5) is 0 Å². The van der Waals surface area contributed by atoms with Gasteiger partial charge in [0, 0.05) is 5.56 Å². The first-order valence-corrected chi connectivity index (χ1v) is 5.72. The third kappa shape index (κ3) is 3.61. The quantitative estimate of drug-likeness (QED) is 0.516. The zero-order valence-corrected chi connectivity index (χ0v) is 10.2. The summed E-state index contributed by atoms with van der Waals surface area (Å²) in [6, 6.07) is 5.89. The van der Waals surface area contributed by atoms with Crippen LogP contribution in [0.3, 0.4) is 0 Å². The summed E-state index contributed by atoms with van der Waals surface area (Å²) in [5.41, 5.74) is 1.13. The van der Waals surface area contributed by atoms with Crippen LogP contribution >= 0.6 is 0 Å². The lowest BCUT2D eigenvalue weighted by Gasteiger charge is -2.11. The van der Waals surface area contributed by atoms with Crippen LogP contribution in [0.1, 0.15) is 25.3 Å². The summed E-state index contributed by atoms with van der Waals surface area (Å²) in [4.78, 5) is 0. The van der Waals surface area contributed by atoms with E-state index in [9.17, 15) is 0 Å². The number of allylic oxidation sites excluding steroid dienone is 1. The lowest BCUT2D eigenvalue weighted by molar-refractivity contribution is 0.306. The lowest BCUT2D eigenvalue weighted by atomic mass is 10.1. The smallest absolute Gasteiger partial charge is 0.123 e. The number of benzene rings is 1. The minimum Gasteiger partial charge on any atom is -0.497 e. The second-order valence-electron chi connectivity index (χ2n) is 3.67. The van der Waals surface area contributed by atoms with Crippen LogP contribution in [0.25, 0.3) is 0 Å². The molecule has 0 aliphatic heterocycles. The fraction of sp³-hybridized carbons (Fsp3) is 0.429. The van der Waals surface area contributed by atoms with Crippen molar-refractivity contribution in [2.45, 2.75) is 26.2 Å². The van der Waals surface area contributed by atoms with Crippen LogP contribution in [-0.4, -0.2) is 13.7 Å². The Morgan fingerprint density at radius 3 is 2.81 bits per heavy atom. The van der Waals surface area contributed by atoms with E-state index < -0.39 is 0 Å². The summed E-state index contributed by atoms with van der Waals surface area (Å²) in [6.45, 7) is 6.68. The van der Waals surface area contributed by atoms with E-state index in [0.717, 1.165) is 42.9 Å². The van der Waals surface area contributed by atoms with Crippen LogP contribution in [0.5, 0.6) is 11.5 Å². The van der Waals surface area contributed by atoms with E-state index in [1.807, 2.05) is 24.3 Å². The number of hydrogen-bond acceptors (Lipinski definition) is 2. The van der Waals surface area contributed by atoms with E-state index in [-0.39, 0.29) is 0 Å². The molecule has 0 aromatic heterocycles. The molecule has 0 saturated heterocycles. The molecule has 88 valence electrons. The molecule has 0 N–H and O–H groups in total. The predicted molar refractivity (Wildman–Crippen MR) is 67.3 cm³/mol. The highest BCUT2D eigenvalue weighted by Crippen LogP contribution is 2.25. The van der Waals surface area contributed by atoms with E-state index in [4.69, 9.17) is 9.47 Å². The first-order chi connectivity index (χ1) is 7.81. The molecule has 16 heavy (non-hydrogen) atoms. The largest absolute Gasteiger partial charge is 0.497 e. The summed E-state index contributed by atoms with van der Waals surface area (Å²) in [7, 11) is 1.67. The van der Waals surface area contributed by atoms with Crippen molar-refractivity contribution in [3.8, 4) is 11.5 Å². The van der Waals surface area contributed by atoms with Crippen LogP contribution in [-0.2, 0) is 6.42 Å². The summed E-state index contributed by atoms with van der Waals surface area (Å²) < 4.78 is 10.9. The van der Waals surface area contributed by atoms with Gasteiger partial charge in [0.05, 0.1) is 13.7 Å². The Morgan fingerprint density at radius 2 is 2.19 bits per heavy atom. The average Bonchev–Trinajstić information content (AvgIpc) is 2.31. The van der Waals surface area contributed by atoms with Crippen molar-refractivity contribution in [2.24, 2.45) is 0 Å². The highest BCUT2D eigenvalue weighted by Gasteiger charge is 2.04. The van der Waals surface area contributed by atoms with Crippen molar-refractivity contribution in [3.63, 3.8) is 0 Å². The highest BCUT2D eigenvalue weighted by atomic mass is 16.5. The van der Waals surface area contributed by atoms with Gasteiger partial charge in [-0.15, -0.1) is 6.58 Å². The zero-order valence-electron chi connectivity index (χ0n) is 10.2. The summed E-state index contributed by atoms with van der Waals surface area (Å²) >= 11 is 0. The van der Waals surface area contributed by atoms with E-state index in [2.05, 4.69) is 13.5 Å². The second kappa shape index (κ2) is 6.94. The number of methoxy groups -OCH3 is 1. The summed E-state index contributed by atoms with van der Waals surface area (Å²) in [5.74, 6) is 1.80. The molecular weight excluding hydrogens is 200 g/mol. The van der Waals surface area contributed by atoms with Gasteiger partial charge in [-0.2, -0.15) is 0 Å². The molecule has 0 saturated carbocycles. The Hall–Kier alpha value is -1.44. The fourth-order valence-corrected chi connectivity index (χ4v) is 1.47. The second-order valence-corrected chi connectivity index (χ2v) is 3.67. The van der Waals surface area contributed by atoms with Gasteiger partial charge in [0.2, 0.25) is 0 Å². The van der Waals surface area contributed by atoms with Gasteiger partial charge in [0.1, 0.15) is 11.5 Å². The van der Waals surface area contributed by atoms with Gasteiger partial charge in [-0.05, 0) is 31.0 Å². The molecule has 1 aromatic rings. The van der Waals surface area contributed by atoms with Crippen molar-refractivity contribution in [2.75, 3.05) is 13.7 Å². The van der Waals surface area contributed by atoms with Crippen LogP contribution < -0.4 is 9.47 Å². The normalized spacial score (nSPS) is 9.88. The molecule has 2 heteroatoms. The van der Waals surface area contributed by atoms with Crippen molar-refractivity contribution >= 4 is 0 Å². The Balaban J connectivity index is 2.76. The predicted octanol–water partition coefficient (Wildman–Crippen LogP) is 3.60. The van der Waals surface area contributed by atoms with Gasteiger partial charge >= 0.3 is 0 Å². The minimum atomic E-state index is 0.771. The van der Waals surface area contributed by atoms with Crippen LogP contribution in [0.15, 0.2) is 30.9 Å². The monoisotopic (exact) mass is 220 g/mol. The maximum absolute atomic E-state index is 5.73. The standard InChI is InChI=1S/C14H20O2/c1-4-6-10-16-14-9-8-13(15-3)11-12(14)7-5-2/h5,8-9,11H,2,4,6-7,10H2,1,3H3. The third-order valence-electron chi connectivity index (χ3n) is 2.39. The van der Waals surface area contributed by atoms with Crippen LogP contribution in [0, 0.1) is 0 Å². The number of rotatable bonds is 7. The van der Waals surface area contributed by atoms with E-state index in [1.54, 1.807) is 7.11 Å². The van der Waals surface area contributed by atoms with Crippen molar-refractivity contribution in [1.82, 2.24) is 0 Å². The number of ether oxygens (including phenoxy) is 2. The summed E-state index contributed by atoms with van der Waals surface area (Å²) in [5, 5.41) is 0. The van der Waals surface area contributed by atoms with Gasteiger partial charge in [0.25, 0.3) is 0 Å². The third-order valence-corrected chi connectivity index (χ3v) is 2.39. The Bertz CT molecular complexity index is 332. The minimum absolute atomic E-state index is 0.771. The van der Waals surface area contributed by atoms with E-state index in [0.29, 0.717) is 0 Å². The molecule has 0 bridgehead atoms. The molecular formula is C14H20O2. The zero-order chi connectivity index (χ0) is 11.8. The molecule has 1 aromatic carbocycles. The van der Waals surface area contributed by atoms with Crippen LogP contribution in [0.2, 0.25) is 0 Å². The molecule has 0 spiro atoms. The number of hydrogen-bond donors (Lipinski definition) is 0. The summed E-state index contributed by atoms with van der Waals surface area (Å²) in [6.07, 6.45) is 4.91. The lowest BCUT2D eigenvalue weighted by Crippen LogP contribution is -2.00.